The van der Waals surface area contributed by atoms with Crippen LogP contribution in [0.4, 0.5) is 0 Å². The van der Waals surface area contributed by atoms with E-state index < -0.39 is 11.1 Å². The molecule has 0 aromatic rings. The van der Waals surface area contributed by atoms with Gasteiger partial charge in [0.05, 0.1) is 0 Å². The summed E-state index contributed by atoms with van der Waals surface area (Å²) in [6.45, 7) is 4.11. The van der Waals surface area contributed by atoms with Gasteiger partial charge in [-0.2, -0.15) is 11.8 Å². The zero-order valence-electron chi connectivity index (χ0n) is 6.62. The predicted octanol–water partition coefficient (Wildman–Crippen LogP) is -1.99. The van der Waals surface area contributed by atoms with E-state index in [0.29, 0.717) is 11.0 Å². The molecule has 0 saturated heterocycles. The van der Waals surface area contributed by atoms with E-state index in [1.165, 1.54) is 0 Å². The van der Waals surface area contributed by atoms with Crippen molar-refractivity contribution < 1.29 is 27.6 Å². The Balaban J connectivity index is 0. The van der Waals surface area contributed by atoms with Gasteiger partial charge in [0.15, 0.2) is 0 Å². The van der Waals surface area contributed by atoms with Gasteiger partial charge in [0, 0.05) is 11.5 Å². The quantitative estimate of drug-likeness (QED) is 0.366. The van der Waals surface area contributed by atoms with Gasteiger partial charge in [-0.25, -0.2) is 0 Å². The molecule has 0 aromatic heterocycles. The predicted molar refractivity (Wildman–Crippen MR) is 41.4 cm³/mol. The Labute approximate surface area is 81.0 Å². The Morgan fingerprint density at radius 3 is 2.40 bits per heavy atom. The van der Waals surface area contributed by atoms with Crippen molar-refractivity contribution in [1.29, 1.82) is 0 Å². The van der Waals surface area contributed by atoms with Gasteiger partial charge in [0.2, 0.25) is 0 Å². The van der Waals surface area contributed by atoms with Gasteiger partial charge in [-0.15, -0.1) is 0 Å². The molecule has 0 aliphatic heterocycles. The molecule has 0 aliphatic rings. The fourth-order valence-electron chi connectivity index (χ4n) is 0.352. The summed E-state index contributed by atoms with van der Waals surface area (Å²) < 4.78 is 19.9. The van der Waals surface area contributed by atoms with Crippen molar-refractivity contribution in [3.8, 4) is 0 Å². The molecule has 0 radical (unpaired) electrons. The summed E-state index contributed by atoms with van der Waals surface area (Å²) in [7, 11) is 0. The van der Waals surface area contributed by atoms with Crippen molar-refractivity contribution >= 4 is 22.8 Å². The minimum atomic E-state index is -1.85. The first-order valence-corrected chi connectivity index (χ1v) is 5.09. The Morgan fingerprint density at radius 2 is 2.10 bits per heavy atom. The van der Waals surface area contributed by atoms with Crippen LogP contribution in [0.3, 0.4) is 0 Å². The fourth-order valence-corrected chi connectivity index (χ4v) is 1.75. The Morgan fingerprint density at radius 1 is 1.60 bits per heavy atom. The maximum absolute atomic E-state index is 9.97. The number of rotatable bonds is 4. The number of hydrogen-bond acceptors (Lipinski definition) is 3. The van der Waals surface area contributed by atoms with E-state index in [4.69, 9.17) is 0 Å². The molecule has 0 aromatic carbocycles. The molecule has 0 N–H and O–H groups in total. The number of thioether (sulfide) groups is 1. The van der Waals surface area contributed by atoms with Gasteiger partial charge in [0.25, 0.3) is 0 Å². The molecule has 0 spiro atoms. The standard InChI is InChI=1S/C5H12O2S2.Li/c1-5(2)8-3-4-9(6)7;/h5H,3-4H2,1-2H3,(H,6,7);/q;+1/p-1. The van der Waals surface area contributed by atoms with Crippen LogP contribution in [0.15, 0.2) is 0 Å². The Hall–Kier alpha value is 1.06. The van der Waals surface area contributed by atoms with E-state index in [1.54, 1.807) is 11.8 Å². The van der Waals surface area contributed by atoms with Gasteiger partial charge in [0.1, 0.15) is 0 Å². The van der Waals surface area contributed by atoms with Crippen LogP contribution < -0.4 is 18.9 Å². The minimum Gasteiger partial charge on any atom is -0.772 e. The smallest absolute Gasteiger partial charge is 0.772 e. The maximum Gasteiger partial charge on any atom is 1.00 e. The first-order chi connectivity index (χ1) is 4.13. The van der Waals surface area contributed by atoms with Gasteiger partial charge in [-0.1, -0.05) is 24.9 Å². The van der Waals surface area contributed by atoms with Crippen LogP contribution in [0.2, 0.25) is 0 Å². The zero-order valence-corrected chi connectivity index (χ0v) is 8.26. The molecule has 0 rings (SSSR count). The molecule has 5 heteroatoms. The van der Waals surface area contributed by atoms with Crippen LogP contribution in [0.1, 0.15) is 13.8 Å². The second-order valence-electron chi connectivity index (χ2n) is 1.93. The molecule has 0 aliphatic carbocycles. The van der Waals surface area contributed by atoms with Crippen LogP contribution in [0.25, 0.3) is 0 Å². The van der Waals surface area contributed by atoms with Crippen molar-refractivity contribution in [2.24, 2.45) is 0 Å². The van der Waals surface area contributed by atoms with E-state index in [9.17, 15) is 8.76 Å². The molecular weight excluding hydrogens is 163 g/mol. The van der Waals surface area contributed by atoms with Crippen LogP contribution in [-0.4, -0.2) is 25.5 Å². The molecule has 2 nitrogen and oxygen atoms in total. The monoisotopic (exact) mass is 174 g/mol. The van der Waals surface area contributed by atoms with Crippen LogP contribution >= 0.6 is 11.8 Å². The maximum atomic E-state index is 9.97. The van der Waals surface area contributed by atoms with Crippen molar-refractivity contribution in [3.63, 3.8) is 0 Å². The van der Waals surface area contributed by atoms with Crippen molar-refractivity contribution in [2.75, 3.05) is 11.5 Å². The first kappa shape index (κ1) is 13.6. The summed E-state index contributed by atoms with van der Waals surface area (Å²) in [6.07, 6.45) is 0. The molecular formula is C5H11LiO2S2. The van der Waals surface area contributed by atoms with Crippen LogP contribution in [0.5, 0.6) is 0 Å². The molecule has 0 fully saturated rings. The number of hydrogen-bond donors (Lipinski definition) is 0. The van der Waals surface area contributed by atoms with E-state index in [2.05, 4.69) is 13.8 Å². The van der Waals surface area contributed by atoms with Crippen molar-refractivity contribution in [3.05, 3.63) is 0 Å². The van der Waals surface area contributed by atoms with Crippen LogP contribution in [-0.2, 0) is 11.1 Å². The summed E-state index contributed by atoms with van der Waals surface area (Å²) in [5.74, 6) is 0.997. The Bertz CT molecular complexity index is 97.6. The third-order valence-corrected chi connectivity index (χ3v) is 2.60. The minimum absolute atomic E-state index is 0. The zero-order chi connectivity index (χ0) is 7.28. The molecule has 1 atom stereocenters. The SMILES string of the molecule is CC(C)SCCS(=O)[O-].[Li+]. The third kappa shape index (κ3) is 11.8. The molecule has 0 saturated carbocycles. The fraction of sp³-hybridized carbons (Fsp3) is 1.00. The molecule has 0 bridgehead atoms. The van der Waals surface area contributed by atoms with Gasteiger partial charge >= 0.3 is 18.9 Å². The van der Waals surface area contributed by atoms with E-state index >= 15 is 0 Å². The second kappa shape index (κ2) is 8.16. The average Bonchev–Trinajstić information content (AvgIpc) is 1.63. The molecule has 0 amide bonds. The van der Waals surface area contributed by atoms with Crippen molar-refractivity contribution in [1.82, 2.24) is 0 Å². The summed E-state index contributed by atoms with van der Waals surface area (Å²) >= 11 is -0.186. The molecule has 56 valence electrons. The third-order valence-electron chi connectivity index (χ3n) is 0.701. The van der Waals surface area contributed by atoms with Gasteiger partial charge < -0.3 is 4.55 Å². The van der Waals surface area contributed by atoms with Crippen LogP contribution in [0, 0.1) is 0 Å². The molecule has 0 heterocycles. The van der Waals surface area contributed by atoms with Gasteiger partial charge in [-0.05, 0) is 5.25 Å². The van der Waals surface area contributed by atoms with Crippen molar-refractivity contribution in [2.45, 2.75) is 19.1 Å². The first-order valence-electron chi connectivity index (χ1n) is 2.80. The molecule has 1 unspecified atom stereocenters. The summed E-state index contributed by atoms with van der Waals surface area (Å²) in [5.41, 5.74) is 0. The second-order valence-corrected chi connectivity index (χ2v) is 4.63. The average molecular weight is 174 g/mol. The normalized spacial score (nSPS) is 12.8. The molecule has 10 heavy (non-hydrogen) atoms. The largest absolute Gasteiger partial charge is 1.00 e. The Kier molecular flexibility index (Phi) is 11.1. The van der Waals surface area contributed by atoms with E-state index in [-0.39, 0.29) is 24.6 Å². The summed E-state index contributed by atoms with van der Waals surface area (Å²) in [6, 6.07) is 0. The summed E-state index contributed by atoms with van der Waals surface area (Å²) in [4.78, 5) is 0. The van der Waals surface area contributed by atoms with E-state index in [1.807, 2.05) is 0 Å². The van der Waals surface area contributed by atoms with Gasteiger partial charge in [-0.3, -0.25) is 4.21 Å². The van der Waals surface area contributed by atoms with E-state index in [0.717, 1.165) is 0 Å². The topological polar surface area (TPSA) is 40.1 Å². The summed E-state index contributed by atoms with van der Waals surface area (Å²) in [5, 5.41) is 0.536.